The number of hydrogen-bond acceptors (Lipinski definition) is 3. The second kappa shape index (κ2) is 6.02. The van der Waals surface area contributed by atoms with Gasteiger partial charge in [-0.25, -0.2) is 0 Å². The summed E-state index contributed by atoms with van der Waals surface area (Å²) in [6.45, 7) is 0.595. The summed E-state index contributed by atoms with van der Waals surface area (Å²) in [5, 5.41) is 18.7. The molecule has 2 N–H and O–H groups in total. The molecule has 0 radical (unpaired) electrons. The number of rotatable bonds is 4. The zero-order chi connectivity index (χ0) is 15.5. The SMILES string of the molecule is O=C(O)CC1C(c2ccc(O)cc2)=NCC1c1ccccc1. The van der Waals surface area contributed by atoms with E-state index in [9.17, 15) is 15.0 Å². The normalized spacial score (nSPS) is 20.6. The average molecular weight is 295 g/mol. The summed E-state index contributed by atoms with van der Waals surface area (Å²) in [6, 6.07) is 16.7. The maximum Gasteiger partial charge on any atom is 0.304 e. The van der Waals surface area contributed by atoms with Crippen LogP contribution in [0.5, 0.6) is 5.75 Å². The molecule has 0 saturated heterocycles. The van der Waals surface area contributed by atoms with Crippen LogP contribution in [0.4, 0.5) is 0 Å². The maximum atomic E-state index is 11.3. The summed E-state index contributed by atoms with van der Waals surface area (Å²) in [4.78, 5) is 15.9. The lowest BCUT2D eigenvalue weighted by molar-refractivity contribution is -0.137. The number of aliphatic imine (C=N–C) groups is 1. The van der Waals surface area contributed by atoms with E-state index in [1.807, 2.05) is 30.3 Å². The number of hydrogen-bond donors (Lipinski definition) is 2. The molecule has 112 valence electrons. The highest BCUT2D eigenvalue weighted by Crippen LogP contribution is 2.36. The largest absolute Gasteiger partial charge is 0.508 e. The minimum absolute atomic E-state index is 0.0548. The lowest BCUT2D eigenvalue weighted by Crippen LogP contribution is -2.22. The molecule has 4 heteroatoms. The van der Waals surface area contributed by atoms with Gasteiger partial charge in [0.05, 0.1) is 6.42 Å². The molecule has 2 atom stereocenters. The molecule has 1 heterocycles. The van der Waals surface area contributed by atoms with Crippen LogP contribution in [0.3, 0.4) is 0 Å². The third-order valence-corrected chi connectivity index (χ3v) is 4.08. The second-order valence-corrected chi connectivity index (χ2v) is 5.49. The fraction of sp³-hybridized carbons (Fsp3) is 0.222. The summed E-state index contributed by atoms with van der Waals surface area (Å²) in [5.74, 6) is -0.693. The van der Waals surface area contributed by atoms with Crippen molar-refractivity contribution in [1.29, 1.82) is 0 Å². The van der Waals surface area contributed by atoms with Crippen LogP contribution in [-0.2, 0) is 4.79 Å². The van der Waals surface area contributed by atoms with E-state index in [-0.39, 0.29) is 24.0 Å². The Balaban J connectivity index is 1.93. The number of phenols is 1. The predicted octanol–water partition coefficient (Wildman–Crippen LogP) is 3.07. The second-order valence-electron chi connectivity index (χ2n) is 5.49. The van der Waals surface area contributed by atoms with Crippen molar-refractivity contribution >= 4 is 11.7 Å². The first-order chi connectivity index (χ1) is 10.6. The molecule has 2 aromatic carbocycles. The van der Waals surface area contributed by atoms with E-state index >= 15 is 0 Å². The summed E-state index contributed by atoms with van der Waals surface area (Å²) in [6.07, 6.45) is 0.0548. The minimum Gasteiger partial charge on any atom is -0.508 e. The first kappa shape index (κ1) is 14.3. The highest BCUT2D eigenvalue weighted by atomic mass is 16.4. The Bertz CT molecular complexity index is 692. The highest BCUT2D eigenvalue weighted by Gasteiger charge is 2.34. The molecule has 0 aromatic heterocycles. The lowest BCUT2D eigenvalue weighted by Gasteiger charge is -2.20. The molecule has 1 aliphatic heterocycles. The van der Waals surface area contributed by atoms with Gasteiger partial charge in [-0.2, -0.15) is 0 Å². The molecule has 0 amide bonds. The maximum absolute atomic E-state index is 11.3. The van der Waals surface area contributed by atoms with Crippen LogP contribution in [-0.4, -0.2) is 28.4 Å². The van der Waals surface area contributed by atoms with E-state index in [1.165, 1.54) is 0 Å². The van der Waals surface area contributed by atoms with E-state index in [2.05, 4.69) is 4.99 Å². The molecule has 2 aromatic rings. The molecule has 2 unspecified atom stereocenters. The van der Waals surface area contributed by atoms with Crippen molar-refractivity contribution in [2.24, 2.45) is 10.9 Å². The zero-order valence-electron chi connectivity index (χ0n) is 12.0. The number of aromatic hydroxyl groups is 1. The van der Waals surface area contributed by atoms with Crippen LogP contribution in [0.2, 0.25) is 0 Å². The number of carbonyl (C=O) groups is 1. The molecule has 1 aliphatic rings. The van der Waals surface area contributed by atoms with E-state index < -0.39 is 5.97 Å². The lowest BCUT2D eigenvalue weighted by atomic mass is 9.81. The predicted molar refractivity (Wildman–Crippen MR) is 84.4 cm³/mol. The van der Waals surface area contributed by atoms with Gasteiger partial charge in [-0.3, -0.25) is 9.79 Å². The number of nitrogens with zero attached hydrogens (tertiary/aromatic N) is 1. The van der Waals surface area contributed by atoms with Gasteiger partial charge in [0.1, 0.15) is 5.75 Å². The minimum atomic E-state index is -0.820. The van der Waals surface area contributed by atoms with Crippen LogP contribution in [0.25, 0.3) is 0 Å². The van der Waals surface area contributed by atoms with E-state index in [0.29, 0.717) is 6.54 Å². The van der Waals surface area contributed by atoms with Crippen molar-refractivity contribution in [1.82, 2.24) is 0 Å². The van der Waals surface area contributed by atoms with Gasteiger partial charge in [0, 0.05) is 24.1 Å². The fourth-order valence-corrected chi connectivity index (χ4v) is 3.03. The Kier molecular flexibility index (Phi) is 3.92. The van der Waals surface area contributed by atoms with Crippen molar-refractivity contribution in [3.05, 3.63) is 65.7 Å². The number of benzene rings is 2. The van der Waals surface area contributed by atoms with Gasteiger partial charge < -0.3 is 10.2 Å². The van der Waals surface area contributed by atoms with E-state index in [1.54, 1.807) is 24.3 Å². The quantitative estimate of drug-likeness (QED) is 0.910. The zero-order valence-corrected chi connectivity index (χ0v) is 12.0. The smallest absolute Gasteiger partial charge is 0.304 e. The first-order valence-electron chi connectivity index (χ1n) is 7.25. The van der Waals surface area contributed by atoms with Gasteiger partial charge in [0.25, 0.3) is 0 Å². The fourth-order valence-electron chi connectivity index (χ4n) is 3.03. The van der Waals surface area contributed by atoms with Gasteiger partial charge in [0.15, 0.2) is 0 Å². The third-order valence-electron chi connectivity index (χ3n) is 4.08. The van der Waals surface area contributed by atoms with Crippen LogP contribution in [0.1, 0.15) is 23.5 Å². The van der Waals surface area contributed by atoms with Crippen LogP contribution in [0, 0.1) is 5.92 Å². The van der Waals surface area contributed by atoms with Crippen molar-refractivity contribution in [3.63, 3.8) is 0 Å². The van der Waals surface area contributed by atoms with Gasteiger partial charge in [0.2, 0.25) is 0 Å². The Labute approximate surface area is 128 Å². The van der Waals surface area contributed by atoms with Gasteiger partial charge in [-0.1, -0.05) is 30.3 Å². The van der Waals surface area contributed by atoms with Crippen LogP contribution >= 0.6 is 0 Å². The van der Waals surface area contributed by atoms with Gasteiger partial charge in [-0.05, 0) is 35.4 Å². The molecule has 0 spiro atoms. The molecular formula is C18H17NO3. The van der Waals surface area contributed by atoms with Gasteiger partial charge in [-0.15, -0.1) is 0 Å². The Morgan fingerprint density at radius 1 is 1.09 bits per heavy atom. The Morgan fingerprint density at radius 2 is 1.77 bits per heavy atom. The molecule has 0 fully saturated rings. The van der Waals surface area contributed by atoms with Crippen molar-refractivity contribution in [2.45, 2.75) is 12.3 Å². The monoisotopic (exact) mass is 295 g/mol. The standard InChI is InChI=1S/C18H17NO3/c20-14-8-6-13(7-9-14)18-15(10-17(21)22)16(11-19-18)12-4-2-1-3-5-12/h1-9,15-16,20H,10-11H2,(H,21,22). The van der Waals surface area contributed by atoms with Crippen molar-refractivity contribution < 1.29 is 15.0 Å². The van der Waals surface area contributed by atoms with E-state index in [0.717, 1.165) is 16.8 Å². The molecule has 4 nitrogen and oxygen atoms in total. The summed E-state index contributed by atoms with van der Waals surface area (Å²) in [5.41, 5.74) is 2.81. The molecule has 22 heavy (non-hydrogen) atoms. The first-order valence-corrected chi connectivity index (χ1v) is 7.25. The molecule has 3 rings (SSSR count). The third kappa shape index (κ3) is 2.86. The van der Waals surface area contributed by atoms with E-state index in [4.69, 9.17) is 0 Å². The number of carboxylic acids is 1. The van der Waals surface area contributed by atoms with Gasteiger partial charge >= 0.3 is 5.97 Å². The number of carboxylic acid groups (broad SMARTS) is 1. The van der Waals surface area contributed by atoms with Crippen LogP contribution in [0.15, 0.2) is 59.6 Å². The van der Waals surface area contributed by atoms with Crippen LogP contribution < -0.4 is 0 Å². The molecule has 0 aliphatic carbocycles. The molecule has 0 saturated carbocycles. The van der Waals surface area contributed by atoms with Crippen molar-refractivity contribution in [2.75, 3.05) is 6.54 Å². The summed E-state index contributed by atoms with van der Waals surface area (Å²) >= 11 is 0. The number of phenolic OH excluding ortho intramolecular Hbond substituents is 1. The molecule has 0 bridgehead atoms. The Hall–Kier alpha value is -2.62. The Morgan fingerprint density at radius 3 is 2.41 bits per heavy atom. The average Bonchev–Trinajstić information content (AvgIpc) is 2.92. The number of aliphatic carboxylic acids is 1. The highest BCUT2D eigenvalue weighted by molar-refractivity contribution is 6.05. The summed E-state index contributed by atoms with van der Waals surface area (Å²) in [7, 11) is 0. The summed E-state index contributed by atoms with van der Waals surface area (Å²) < 4.78 is 0. The molecular weight excluding hydrogens is 278 g/mol. The van der Waals surface area contributed by atoms with Crippen molar-refractivity contribution in [3.8, 4) is 5.75 Å². The topological polar surface area (TPSA) is 69.9 Å².